The number of rotatable bonds is 3. The average Bonchev–Trinajstić information content (AvgIpc) is 2.03. The zero-order valence-corrected chi connectivity index (χ0v) is 8.11. The van der Waals surface area contributed by atoms with E-state index in [0.29, 0.717) is 6.61 Å². The smallest absolute Gasteiger partial charge is 0.312 e. The molecule has 3 nitrogen and oxygen atoms in total. The SMILES string of the molecule is CC(Cl)COP1OCCCO1. The lowest BCUT2D eigenvalue weighted by Crippen LogP contribution is -2.09. The van der Waals surface area contributed by atoms with Crippen LogP contribution in [0.15, 0.2) is 0 Å². The molecule has 5 heteroatoms. The fourth-order valence-corrected chi connectivity index (χ4v) is 1.89. The molecule has 1 atom stereocenters. The molecule has 0 amide bonds. The minimum Gasteiger partial charge on any atom is -0.312 e. The predicted octanol–water partition coefficient (Wildman–Crippen LogP) is 2.29. The van der Waals surface area contributed by atoms with Gasteiger partial charge in [-0.2, -0.15) is 0 Å². The molecule has 1 aliphatic rings. The lowest BCUT2D eigenvalue weighted by atomic mass is 10.5. The van der Waals surface area contributed by atoms with E-state index in [9.17, 15) is 0 Å². The fourth-order valence-electron chi connectivity index (χ4n) is 0.612. The molecule has 1 fully saturated rings. The second kappa shape index (κ2) is 5.28. The van der Waals surface area contributed by atoms with Gasteiger partial charge in [0, 0.05) is 0 Å². The van der Waals surface area contributed by atoms with Gasteiger partial charge in [0.2, 0.25) is 0 Å². The third-order valence-corrected chi connectivity index (χ3v) is 2.36. The van der Waals surface area contributed by atoms with Crippen LogP contribution in [-0.4, -0.2) is 25.2 Å². The molecule has 1 unspecified atom stereocenters. The molecule has 1 saturated heterocycles. The molecule has 11 heavy (non-hydrogen) atoms. The first kappa shape index (κ1) is 9.69. The molecule has 0 aromatic rings. The Morgan fingerprint density at radius 2 is 2.18 bits per heavy atom. The molecule has 0 aliphatic carbocycles. The van der Waals surface area contributed by atoms with Crippen LogP contribution < -0.4 is 0 Å². The minimum atomic E-state index is -1.09. The molecule has 1 heterocycles. The van der Waals surface area contributed by atoms with Crippen LogP contribution in [0.3, 0.4) is 0 Å². The summed E-state index contributed by atoms with van der Waals surface area (Å²) in [4.78, 5) is 0. The maximum atomic E-state index is 5.67. The van der Waals surface area contributed by atoms with Gasteiger partial charge in [0.25, 0.3) is 0 Å². The second-order valence-electron chi connectivity index (χ2n) is 2.32. The Bertz CT molecular complexity index is 106. The largest absolute Gasteiger partial charge is 0.332 e. The normalized spacial score (nSPS) is 23.5. The van der Waals surface area contributed by atoms with Gasteiger partial charge in [-0.15, -0.1) is 11.6 Å². The molecule has 0 bridgehead atoms. The molecule has 0 radical (unpaired) electrons. The summed E-state index contributed by atoms with van der Waals surface area (Å²) in [6.07, 6.45) is 0.957. The topological polar surface area (TPSA) is 27.7 Å². The Kier molecular flexibility index (Phi) is 4.65. The first-order valence-electron chi connectivity index (χ1n) is 3.62. The Morgan fingerprint density at radius 1 is 1.55 bits per heavy atom. The van der Waals surface area contributed by atoms with Crippen molar-refractivity contribution in [1.29, 1.82) is 0 Å². The van der Waals surface area contributed by atoms with Crippen LogP contribution in [0.25, 0.3) is 0 Å². The van der Waals surface area contributed by atoms with E-state index in [1.807, 2.05) is 6.92 Å². The van der Waals surface area contributed by atoms with Crippen LogP contribution in [0.4, 0.5) is 0 Å². The summed E-state index contributed by atoms with van der Waals surface area (Å²) in [6, 6.07) is 0. The first-order valence-corrected chi connectivity index (χ1v) is 5.15. The third-order valence-electron chi connectivity index (χ3n) is 1.09. The van der Waals surface area contributed by atoms with Gasteiger partial charge in [-0.3, -0.25) is 0 Å². The van der Waals surface area contributed by atoms with Crippen molar-refractivity contribution in [3.63, 3.8) is 0 Å². The Morgan fingerprint density at radius 3 is 2.73 bits per heavy atom. The van der Waals surface area contributed by atoms with Gasteiger partial charge < -0.3 is 13.6 Å². The van der Waals surface area contributed by atoms with Gasteiger partial charge in [0.15, 0.2) is 0 Å². The molecule has 0 N–H and O–H groups in total. The van der Waals surface area contributed by atoms with E-state index in [0.717, 1.165) is 19.6 Å². The standard InChI is InChI=1S/C6H12ClO3P/c1-6(7)5-10-11-8-3-2-4-9-11/h6H,2-5H2,1H3. The van der Waals surface area contributed by atoms with Crippen LogP contribution in [0, 0.1) is 0 Å². The van der Waals surface area contributed by atoms with Crippen molar-refractivity contribution in [2.45, 2.75) is 18.7 Å². The highest BCUT2D eigenvalue weighted by Gasteiger charge is 2.17. The maximum absolute atomic E-state index is 5.67. The van der Waals surface area contributed by atoms with E-state index in [1.165, 1.54) is 0 Å². The minimum absolute atomic E-state index is 0.0200. The molecule has 1 rings (SSSR count). The lowest BCUT2D eigenvalue weighted by molar-refractivity contribution is 0.116. The van der Waals surface area contributed by atoms with Crippen molar-refractivity contribution in [3.05, 3.63) is 0 Å². The summed E-state index contributed by atoms with van der Waals surface area (Å²) in [7, 11) is -1.09. The van der Waals surface area contributed by atoms with Crippen LogP contribution in [-0.2, 0) is 13.6 Å². The van der Waals surface area contributed by atoms with Crippen molar-refractivity contribution in [3.8, 4) is 0 Å². The van der Waals surface area contributed by atoms with Crippen molar-refractivity contribution >= 4 is 20.2 Å². The predicted molar refractivity (Wildman–Crippen MR) is 44.7 cm³/mol. The Hall–Kier alpha value is 0.600. The van der Waals surface area contributed by atoms with E-state index in [1.54, 1.807) is 0 Å². The van der Waals surface area contributed by atoms with Crippen LogP contribution in [0.2, 0.25) is 0 Å². The zero-order chi connectivity index (χ0) is 8.10. The van der Waals surface area contributed by atoms with Gasteiger partial charge in [-0.25, -0.2) is 0 Å². The lowest BCUT2D eigenvalue weighted by Gasteiger charge is -2.20. The Balaban J connectivity index is 2.05. The average molecular weight is 199 g/mol. The van der Waals surface area contributed by atoms with Crippen LogP contribution >= 0.6 is 20.2 Å². The molecular formula is C6H12ClO3P. The summed E-state index contributed by atoms with van der Waals surface area (Å²) < 4.78 is 15.6. The van der Waals surface area contributed by atoms with Crippen LogP contribution in [0.5, 0.6) is 0 Å². The Labute approximate surface area is 73.0 Å². The molecule has 0 aromatic heterocycles. The summed E-state index contributed by atoms with van der Waals surface area (Å²) >= 11 is 5.67. The highest BCUT2D eigenvalue weighted by atomic mass is 35.5. The first-order chi connectivity index (χ1) is 5.29. The van der Waals surface area contributed by atoms with E-state index in [4.69, 9.17) is 25.2 Å². The van der Waals surface area contributed by atoms with E-state index in [2.05, 4.69) is 0 Å². The maximum Gasteiger partial charge on any atom is 0.332 e. The van der Waals surface area contributed by atoms with Crippen molar-refractivity contribution in [2.24, 2.45) is 0 Å². The zero-order valence-electron chi connectivity index (χ0n) is 6.46. The van der Waals surface area contributed by atoms with Crippen LogP contribution in [0.1, 0.15) is 13.3 Å². The van der Waals surface area contributed by atoms with Crippen molar-refractivity contribution in [1.82, 2.24) is 0 Å². The highest BCUT2D eigenvalue weighted by molar-refractivity contribution is 7.41. The van der Waals surface area contributed by atoms with Gasteiger partial charge in [-0.1, -0.05) is 0 Å². The second-order valence-corrected chi connectivity index (χ2v) is 4.29. The third kappa shape index (κ3) is 4.24. The van der Waals surface area contributed by atoms with Crippen molar-refractivity contribution < 1.29 is 13.6 Å². The number of hydrogen-bond acceptors (Lipinski definition) is 3. The molecular weight excluding hydrogens is 186 g/mol. The molecule has 0 aromatic carbocycles. The van der Waals surface area contributed by atoms with Crippen molar-refractivity contribution in [2.75, 3.05) is 19.8 Å². The number of halogens is 1. The van der Waals surface area contributed by atoms with E-state index < -0.39 is 8.60 Å². The van der Waals surface area contributed by atoms with Gasteiger partial charge >= 0.3 is 8.60 Å². The van der Waals surface area contributed by atoms with Gasteiger partial charge in [-0.05, 0) is 13.3 Å². The quantitative estimate of drug-likeness (QED) is 0.515. The summed E-state index contributed by atoms with van der Waals surface area (Å²) in [5.74, 6) is 0. The fraction of sp³-hybridized carbons (Fsp3) is 1.00. The molecule has 66 valence electrons. The molecule has 0 saturated carbocycles. The highest BCUT2D eigenvalue weighted by Crippen LogP contribution is 2.42. The summed E-state index contributed by atoms with van der Waals surface area (Å²) in [5.41, 5.74) is 0. The summed E-state index contributed by atoms with van der Waals surface area (Å²) in [6.45, 7) is 3.85. The molecule has 1 aliphatic heterocycles. The van der Waals surface area contributed by atoms with Gasteiger partial charge in [0.05, 0.1) is 25.2 Å². The van der Waals surface area contributed by atoms with E-state index in [-0.39, 0.29) is 5.38 Å². The van der Waals surface area contributed by atoms with E-state index >= 15 is 0 Å². The summed E-state index contributed by atoms with van der Waals surface area (Å²) in [5, 5.41) is 0.0200. The monoisotopic (exact) mass is 198 g/mol. The van der Waals surface area contributed by atoms with Gasteiger partial charge in [0.1, 0.15) is 0 Å². The number of alkyl halides is 1. The number of hydrogen-bond donors (Lipinski definition) is 0. The molecule has 0 spiro atoms.